The predicted octanol–water partition coefficient (Wildman–Crippen LogP) is 0.0654. The van der Waals surface area contributed by atoms with Crippen LogP contribution in [-0.2, 0) is 0 Å². The van der Waals surface area contributed by atoms with Crippen LogP contribution in [0.15, 0.2) is 0 Å². The molecule has 0 aliphatic rings. The van der Waals surface area contributed by atoms with Crippen molar-refractivity contribution in [3.8, 4) is 0 Å². The van der Waals surface area contributed by atoms with E-state index in [1.165, 1.54) is 0 Å². The van der Waals surface area contributed by atoms with Crippen LogP contribution in [0.3, 0.4) is 0 Å². The van der Waals surface area contributed by atoms with Gasteiger partial charge < -0.3 is 11.5 Å². The molecule has 0 aromatic carbocycles. The third kappa shape index (κ3) is 4.35. The second kappa shape index (κ2) is 3.52. The Balaban J connectivity index is 4.02. The summed E-state index contributed by atoms with van der Waals surface area (Å²) in [6.45, 7) is 9.20. The van der Waals surface area contributed by atoms with Crippen LogP contribution in [0.1, 0.15) is 27.7 Å². The molecule has 3 heteroatoms. The van der Waals surface area contributed by atoms with Crippen molar-refractivity contribution in [3.63, 3.8) is 0 Å². The van der Waals surface area contributed by atoms with E-state index in [4.69, 9.17) is 11.5 Å². The van der Waals surface area contributed by atoms with Crippen LogP contribution < -0.4 is 16.8 Å². The maximum absolute atomic E-state index is 5.53. The minimum atomic E-state index is -0.150. The quantitative estimate of drug-likeness (QED) is 0.608. The van der Waals surface area contributed by atoms with E-state index in [-0.39, 0.29) is 11.1 Å². The molecule has 0 bridgehead atoms. The van der Waals surface area contributed by atoms with E-state index in [0.29, 0.717) is 13.1 Å². The smallest absolute Gasteiger partial charge is 0.0429 e. The molecule has 0 saturated carbocycles. The molecule has 1 radical (unpaired) electrons. The lowest BCUT2D eigenvalue weighted by Crippen LogP contribution is -2.53. The van der Waals surface area contributed by atoms with Gasteiger partial charge in [-0.05, 0) is 27.7 Å². The third-order valence-corrected chi connectivity index (χ3v) is 1.60. The first-order valence-corrected chi connectivity index (χ1v) is 3.97. The van der Waals surface area contributed by atoms with E-state index in [1.54, 1.807) is 0 Å². The van der Waals surface area contributed by atoms with Crippen molar-refractivity contribution < 1.29 is 0 Å². The molecule has 0 aromatic rings. The fourth-order valence-corrected chi connectivity index (χ4v) is 0.911. The Hall–Kier alpha value is -0.120. The second-order valence-corrected chi connectivity index (χ2v) is 4.14. The zero-order chi connectivity index (χ0) is 9.12. The minimum Gasteiger partial charge on any atom is -0.329 e. The molecular weight excluding hydrogens is 138 g/mol. The van der Waals surface area contributed by atoms with Crippen molar-refractivity contribution in [3.05, 3.63) is 0 Å². The fraction of sp³-hybridized carbons (Fsp3) is 1.00. The van der Waals surface area contributed by atoms with Crippen LogP contribution in [0.2, 0.25) is 0 Å². The molecule has 0 atom stereocenters. The molecule has 0 aliphatic heterocycles. The van der Waals surface area contributed by atoms with Crippen LogP contribution in [0.5, 0.6) is 0 Å². The first-order chi connectivity index (χ1) is 4.83. The molecule has 4 N–H and O–H groups in total. The number of rotatable bonds is 4. The van der Waals surface area contributed by atoms with Gasteiger partial charge in [-0.25, -0.2) is 5.32 Å². The van der Waals surface area contributed by atoms with E-state index >= 15 is 0 Å². The van der Waals surface area contributed by atoms with Crippen molar-refractivity contribution in [1.29, 1.82) is 0 Å². The Labute approximate surface area is 69.5 Å². The maximum atomic E-state index is 5.53. The van der Waals surface area contributed by atoms with E-state index in [1.807, 2.05) is 27.7 Å². The Morgan fingerprint density at radius 2 is 1.18 bits per heavy atom. The normalized spacial score (nSPS) is 13.6. The molecule has 11 heavy (non-hydrogen) atoms. The van der Waals surface area contributed by atoms with Crippen LogP contribution >= 0.6 is 0 Å². The molecule has 0 aliphatic carbocycles. The van der Waals surface area contributed by atoms with Gasteiger partial charge in [-0.15, -0.1) is 0 Å². The number of nitrogens with two attached hydrogens (primary N) is 2. The van der Waals surface area contributed by atoms with Gasteiger partial charge in [0.25, 0.3) is 0 Å². The molecule has 0 saturated heterocycles. The second-order valence-electron chi connectivity index (χ2n) is 4.14. The van der Waals surface area contributed by atoms with Gasteiger partial charge in [-0.2, -0.15) is 0 Å². The highest BCUT2D eigenvalue weighted by Gasteiger charge is 2.26. The molecule has 0 aromatic heterocycles. The maximum Gasteiger partial charge on any atom is 0.0429 e. The van der Waals surface area contributed by atoms with E-state index in [0.717, 1.165) is 0 Å². The highest BCUT2D eigenvalue weighted by molar-refractivity contribution is 4.88. The first-order valence-electron chi connectivity index (χ1n) is 3.97. The summed E-state index contributed by atoms with van der Waals surface area (Å²) in [4.78, 5) is 0. The fourth-order valence-electron chi connectivity index (χ4n) is 0.911. The largest absolute Gasteiger partial charge is 0.329 e. The van der Waals surface area contributed by atoms with Crippen LogP contribution in [-0.4, -0.2) is 24.2 Å². The SMILES string of the molecule is CC(C)(CN)[N]C(C)(C)CN. The molecule has 3 nitrogen and oxygen atoms in total. The van der Waals surface area contributed by atoms with Gasteiger partial charge in [0.1, 0.15) is 0 Å². The average Bonchev–Trinajstić information content (AvgIpc) is 1.86. The topological polar surface area (TPSA) is 66.1 Å². The van der Waals surface area contributed by atoms with Crippen LogP contribution in [0, 0.1) is 0 Å². The van der Waals surface area contributed by atoms with Crippen molar-refractivity contribution >= 4 is 0 Å². The van der Waals surface area contributed by atoms with Crippen molar-refractivity contribution in [1.82, 2.24) is 5.32 Å². The Morgan fingerprint density at radius 3 is 1.36 bits per heavy atom. The lowest BCUT2D eigenvalue weighted by Gasteiger charge is -2.33. The third-order valence-electron chi connectivity index (χ3n) is 1.60. The summed E-state index contributed by atoms with van der Waals surface area (Å²) < 4.78 is 0. The number of hydrogen-bond acceptors (Lipinski definition) is 2. The average molecular weight is 158 g/mol. The van der Waals surface area contributed by atoms with E-state index in [2.05, 4.69) is 5.32 Å². The zero-order valence-electron chi connectivity index (χ0n) is 8.02. The van der Waals surface area contributed by atoms with E-state index in [9.17, 15) is 0 Å². The Bertz CT molecular complexity index is 105. The van der Waals surface area contributed by atoms with Crippen molar-refractivity contribution in [2.24, 2.45) is 11.5 Å². The number of nitrogens with zero attached hydrogens (tertiary/aromatic N) is 1. The monoisotopic (exact) mass is 158 g/mol. The van der Waals surface area contributed by atoms with Gasteiger partial charge in [0.15, 0.2) is 0 Å². The van der Waals surface area contributed by atoms with Gasteiger partial charge in [-0.1, -0.05) is 0 Å². The zero-order valence-corrected chi connectivity index (χ0v) is 8.02. The summed E-state index contributed by atoms with van der Waals surface area (Å²) >= 11 is 0. The summed E-state index contributed by atoms with van der Waals surface area (Å²) in [5, 5.41) is 4.53. The first kappa shape index (κ1) is 10.9. The summed E-state index contributed by atoms with van der Waals surface area (Å²) in [5.74, 6) is 0. The summed E-state index contributed by atoms with van der Waals surface area (Å²) in [6, 6.07) is 0. The molecular formula is C8H20N3. The molecule has 0 spiro atoms. The van der Waals surface area contributed by atoms with Crippen molar-refractivity contribution in [2.45, 2.75) is 38.8 Å². The van der Waals surface area contributed by atoms with Gasteiger partial charge in [0, 0.05) is 24.2 Å². The summed E-state index contributed by atoms with van der Waals surface area (Å²) in [5.41, 5.74) is 10.8. The minimum absolute atomic E-state index is 0.150. The van der Waals surface area contributed by atoms with Gasteiger partial charge in [-0.3, -0.25) is 0 Å². The van der Waals surface area contributed by atoms with E-state index < -0.39 is 0 Å². The number of hydrogen-bond donors (Lipinski definition) is 2. The van der Waals surface area contributed by atoms with Crippen LogP contribution in [0.4, 0.5) is 0 Å². The Kier molecular flexibility index (Phi) is 3.48. The molecule has 0 heterocycles. The summed E-state index contributed by atoms with van der Waals surface area (Å²) in [6.07, 6.45) is 0. The lowest BCUT2D eigenvalue weighted by atomic mass is 9.98. The highest BCUT2D eigenvalue weighted by Crippen LogP contribution is 2.10. The molecule has 0 fully saturated rings. The standard InChI is InChI=1S/C8H20N3/c1-7(2,5-9)11-8(3,4)6-10/h5-6,9-10H2,1-4H3. The lowest BCUT2D eigenvalue weighted by molar-refractivity contribution is 0.266. The van der Waals surface area contributed by atoms with Gasteiger partial charge >= 0.3 is 0 Å². The molecule has 0 unspecified atom stereocenters. The molecule has 0 amide bonds. The van der Waals surface area contributed by atoms with Gasteiger partial charge in [0.05, 0.1) is 0 Å². The molecule has 67 valence electrons. The molecule has 0 rings (SSSR count). The van der Waals surface area contributed by atoms with Crippen LogP contribution in [0.25, 0.3) is 0 Å². The highest BCUT2D eigenvalue weighted by atomic mass is 15.1. The van der Waals surface area contributed by atoms with Crippen molar-refractivity contribution in [2.75, 3.05) is 13.1 Å². The van der Waals surface area contributed by atoms with Gasteiger partial charge in [0.2, 0.25) is 0 Å². The Morgan fingerprint density at radius 1 is 0.909 bits per heavy atom. The predicted molar refractivity (Wildman–Crippen MR) is 48.4 cm³/mol. The summed E-state index contributed by atoms with van der Waals surface area (Å²) in [7, 11) is 0.